The second-order valence-corrected chi connectivity index (χ2v) is 7.73. The Labute approximate surface area is 176 Å². The van der Waals surface area contributed by atoms with Crippen LogP contribution >= 0.6 is 0 Å². The highest BCUT2D eigenvalue weighted by Gasteiger charge is 2.39. The summed E-state index contributed by atoms with van der Waals surface area (Å²) in [4.78, 5) is 28.0. The van der Waals surface area contributed by atoms with Gasteiger partial charge in [-0.15, -0.1) is 0 Å². The van der Waals surface area contributed by atoms with Crippen LogP contribution in [-0.4, -0.2) is 16.7 Å². The van der Waals surface area contributed by atoms with E-state index in [0.717, 1.165) is 33.5 Å². The van der Waals surface area contributed by atoms with Gasteiger partial charge in [-0.25, -0.2) is 0 Å². The smallest absolute Gasteiger partial charge is 0.278 e. The Hall–Kier alpha value is -3.66. The Morgan fingerprint density at radius 1 is 0.767 bits per heavy atom. The number of nitrogens with one attached hydrogen (secondary N) is 1. The number of imide groups is 1. The van der Waals surface area contributed by atoms with E-state index in [1.807, 2.05) is 93.6 Å². The summed E-state index contributed by atoms with van der Waals surface area (Å²) < 4.78 is 0. The standard InChI is InChI=1S/C26H24N2O2/c1-17-8-7-11-22(14-17)27-24-23(21-13-12-18(2)19(3)15-21)25(29)28(26(24)30)16-20-9-5-4-6-10-20/h4-15,27H,16H2,1-3H3. The average molecular weight is 396 g/mol. The first-order valence-corrected chi connectivity index (χ1v) is 10.00. The van der Waals surface area contributed by atoms with E-state index in [-0.39, 0.29) is 18.4 Å². The number of rotatable bonds is 5. The fourth-order valence-corrected chi connectivity index (χ4v) is 3.63. The number of carbonyl (C=O) groups is 2. The number of aryl methyl sites for hydroxylation is 3. The van der Waals surface area contributed by atoms with Crippen molar-refractivity contribution in [2.45, 2.75) is 27.3 Å². The lowest BCUT2D eigenvalue weighted by molar-refractivity contribution is -0.137. The summed E-state index contributed by atoms with van der Waals surface area (Å²) in [6.07, 6.45) is 0. The van der Waals surface area contributed by atoms with Crippen molar-refractivity contribution in [2.75, 3.05) is 5.32 Å². The van der Waals surface area contributed by atoms with Crippen molar-refractivity contribution in [1.82, 2.24) is 4.90 Å². The van der Waals surface area contributed by atoms with Gasteiger partial charge in [0, 0.05) is 5.69 Å². The minimum Gasteiger partial charge on any atom is -0.350 e. The second kappa shape index (κ2) is 7.99. The number of benzene rings is 3. The maximum Gasteiger partial charge on any atom is 0.278 e. The van der Waals surface area contributed by atoms with Crippen molar-refractivity contribution < 1.29 is 9.59 Å². The molecule has 0 unspecified atom stereocenters. The van der Waals surface area contributed by atoms with Gasteiger partial charge in [-0.3, -0.25) is 14.5 Å². The molecule has 0 radical (unpaired) electrons. The molecule has 0 atom stereocenters. The topological polar surface area (TPSA) is 49.4 Å². The third kappa shape index (κ3) is 3.77. The lowest BCUT2D eigenvalue weighted by Crippen LogP contribution is -2.32. The van der Waals surface area contributed by atoms with Crippen LogP contribution in [0.1, 0.15) is 27.8 Å². The molecule has 0 fully saturated rings. The second-order valence-electron chi connectivity index (χ2n) is 7.73. The number of nitrogens with zero attached hydrogens (tertiary/aromatic N) is 1. The van der Waals surface area contributed by atoms with Crippen molar-refractivity contribution in [3.05, 3.63) is 106 Å². The molecule has 4 heteroatoms. The number of hydrogen-bond acceptors (Lipinski definition) is 3. The van der Waals surface area contributed by atoms with E-state index < -0.39 is 0 Å². The molecule has 4 rings (SSSR count). The Morgan fingerprint density at radius 2 is 1.53 bits per heavy atom. The quantitative estimate of drug-likeness (QED) is 0.617. The molecule has 3 aromatic carbocycles. The first-order chi connectivity index (χ1) is 14.4. The normalized spacial score (nSPS) is 13.9. The zero-order chi connectivity index (χ0) is 21.3. The zero-order valence-corrected chi connectivity index (χ0v) is 17.4. The fraction of sp³-hybridized carbons (Fsp3) is 0.154. The molecule has 30 heavy (non-hydrogen) atoms. The van der Waals surface area contributed by atoms with E-state index in [9.17, 15) is 9.59 Å². The van der Waals surface area contributed by atoms with Crippen LogP contribution in [0.15, 0.2) is 78.5 Å². The van der Waals surface area contributed by atoms with Crippen LogP contribution < -0.4 is 5.32 Å². The molecule has 1 aliphatic rings. The van der Waals surface area contributed by atoms with E-state index in [4.69, 9.17) is 0 Å². The van der Waals surface area contributed by atoms with E-state index >= 15 is 0 Å². The Kier molecular flexibility index (Phi) is 5.23. The summed E-state index contributed by atoms with van der Waals surface area (Å²) in [5.41, 5.74) is 6.49. The number of amides is 2. The average Bonchev–Trinajstić information content (AvgIpc) is 2.95. The van der Waals surface area contributed by atoms with Gasteiger partial charge in [-0.2, -0.15) is 0 Å². The predicted octanol–water partition coefficient (Wildman–Crippen LogP) is 5.00. The molecular weight excluding hydrogens is 372 g/mol. The van der Waals surface area contributed by atoms with Gasteiger partial charge in [0.25, 0.3) is 11.8 Å². The van der Waals surface area contributed by atoms with Crippen LogP contribution in [-0.2, 0) is 16.1 Å². The van der Waals surface area contributed by atoms with Crippen molar-refractivity contribution in [3.8, 4) is 0 Å². The molecule has 150 valence electrons. The van der Waals surface area contributed by atoms with Crippen LogP contribution in [0.4, 0.5) is 5.69 Å². The molecule has 2 amide bonds. The molecule has 0 aromatic heterocycles. The van der Waals surface area contributed by atoms with Crippen molar-refractivity contribution in [2.24, 2.45) is 0 Å². The van der Waals surface area contributed by atoms with Crippen LogP contribution in [0.5, 0.6) is 0 Å². The summed E-state index contributed by atoms with van der Waals surface area (Å²) in [6.45, 7) is 6.28. The Balaban J connectivity index is 1.77. The highest BCUT2D eigenvalue weighted by Crippen LogP contribution is 2.32. The first-order valence-electron chi connectivity index (χ1n) is 10.00. The minimum absolute atomic E-state index is 0.242. The summed E-state index contributed by atoms with van der Waals surface area (Å²) >= 11 is 0. The van der Waals surface area contributed by atoms with Gasteiger partial charge in [0.15, 0.2) is 0 Å². The van der Waals surface area contributed by atoms with Gasteiger partial charge < -0.3 is 5.32 Å². The molecule has 3 aromatic rings. The van der Waals surface area contributed by atoms with E-state index in [1.54, 1.807) is 0 Å². The summed E-state index contributed by atoms with van der Waals surface area (Å²) in [5, 5.41) is 3.23. The largest absolute Gasteiger partial charge is 0.350 e. The lowest BCUT2D eigenvalue weighted by Gasteiger charge is -2.15. The summed E-state index contributed by atoms with van der Waals surface area (Å²) in [6, 6.07) is 23.2. The molecule has 0 aliphatic carbocycles. The molecule has 1 aliphatic heterocycles. The maximum absolute atomic E-state index is 13.4. The first kappa shape index (κ1) is 19.6. The van der Waals surface area contributed by atoms with Crippen molar-refractivity contribution in [1.29, 1.82) is 0 Å². The van der Waals surface area contributed by atoms with Crippen LogP contribution in [0.2, 0.25) is 0 Å². The maximum atomic E-state index is 13.4. The van der Waals surface area contributed by atoms with Gasteiger partial charge in [0.2, 0.25) is 0 Å². The van der Waals surface area contributed by atoms with E-state index in [2.05, 4.69) is 5.32 Å². The van der Waals surface area contributed by atoms with Crippen molar-refractivity contribution in [3.63, 3.8) is 0 Å². The molecular formula is C26H24N2O2. The number of hydrogen-bond donors (Lipinski definition) is 1. The van der Waals surface area contributed by atoms with Gasteiger partial charge in [-0.1, -0.05) is 60.7 Å². The van der Waals surface area contributed by atoms with Crippen LogP contribution in [0.25, 0.3) is 5.57 Å². The SMILES string of the molecule is Cc1cccc(NC2=C(c3ccc(C)c(C)c3)C(=O)N(Cc3ccccc3)C2=O)c1. The van der Waals surface area contributed by atoms with Gasteiger partial charge in [0.05, 0.1) is 12.1 Å². The monoisotopic (exact) mass is 396 g/mol. The van der Waals surface area contributed by atoms with Crippen molar-refractivity contribution >= 4 is 23.1 Å². The fourth-order valence-electron chi connectivity index (χ4n) is 3.63. The van der Waals surface area contributed by atoms with Gasteiger partial charge in [-0.05, 0) is 60.7 Å². The molecule has 4 nitrogen and oxygen atoms in total. The number of anilines is 1. The predicted molar refractivity (Wildman–Crippen MR) is 120 cm³/mol. The Morgan fingerprint density at radius 3 is 2.23 bits per heavy atom. The Bertz CT molecular complexity index is 1160. The third-order valence-electron chi connectivity index (χ3n) is 5.43. The molecule has 0 bridgehead atoms. The molecule has 1 N–H and O–H groups in total. The molecule has 0 saturated heterocycles. The van der Waals surface area contributed by atoms with Crippen LogP contribution in [0, 0.1) is 20.8 Å². The van der Waals surface area contributed by atoms with E-state index in [1.165, 1.54) is 4.90 Å². The van der Waals surface area contributed by atoms with Crippen LogP contribution in [0.3, 0.4) is 0 Å². The lowest BCUT2D eigenvalue weighted by atomic mass is 9.99. The highest BCUT2D eigenvalue weighted by atomic mass is 16.2. The van der Waals surface area contributed by atoms with E-state index in [0.29, 0.717) is 11.3 Å². The highest BCUT2D eigenvalue weighted by molar-refractivity contribution is 6.36. The molecule has 0 saturated carbocycles. The van der Waals surface area contributed by atoms with Gasteiger partial charge >= 0.3 is 0 Å². The third-order valence-corrected chi connectivity index (χ3v) is 5.43. The summed E-state index contributed by atoms with van der Waals surface area (Å²) in [5.74, 6) is -0.583. The minimum atomic E-state index is -0.307. The molecule has 1 heterocycles. The summed E-state index contributed by atoms with van der Waals surface area (Å²) in [7, 11) is 0. The molecule has 0 spiro atoms. The number of carbonyl (C=O) groups excluding carboxylic acids is 2. The van der Waals surface area contributed by atoms with Gasteiger partial charge in [0.1, 0.15) is 5.70 Å². The zero-order valence-electron chi connectivity index (χ0n) is 17.4.